The standard InChI is InChI=1S/C17H32N4O.HI/c18-17(19-7-4-8-21-9-11-22-12-10-21)20-16-13-15(16)14-5-2-1-3-6-14;/h14-16H,1-13H2,(H3,18,19,20);1H. The summed E-state index contributed by atoms with van der Waals surface area (Å²) in [6, 6.07) is 0.603. The second-order valence-corrected chi connectivity index (χ2v) is 7.12. The second kappa shape index (κ2) is 10.0. The molecule has 0 aromatic heterocycles. The highest BCUT2D eigenvalue weighted by molar-refractivity contribution is 14.0. The van der Waals surface area contributed by atoms with Crippen molar-refractivity contribution in [2.45, 2.75) is 51.0 Å². The molecule has 0 spiro atoms. The normalized spacial score (nSPS) is 29.8. The van der Waals surface area contributed by atoms with E-state index in [1.807, 2.05) is 0 Å². The molecule has 2 aliphatic carbocycles. The van der Waals surface area contributed by atoms with E-state index in [0.29, 0.717) is 12.0 Å². The number of ether oxygens (including phenoxy) is 1. The Bertz CT molecular complexity index is 368. The van der Waals surface area contributed by atoms with Crippen LogP contribution < -0.4 is 11.1 Å². The van der Waals surface area contributed by atoms with Crippen LogP contribution in [-0.2, 0) is 4.74 Å². The Labute approximate surface area is 157 Å². The molecule has 1 aliphatic heterocycles. The van der Waals surface area contributed by atoms with Crippen LogP contribution in [0.2, 0.25) is 0 Å². The maximum Gasteiger partial charge on any atom is 0.188 e. The van der Waals surface area contributed by atoms with Gasteiger partial charge in [0.25, 0.3) is 0 Å². The van der Waals surface area contributed by atoms with Crippen LogP contribution in [0, 0.1) is 11.8 Å². The molecule has 3 fully saturated rings. The van der Waals surface area contributed by atoms with Crippen LogP contribution in [0.1, 0.15) is 44.9 Å². The zero-order valence-electron chi connectivity index (χ0n) is 14.2. The van der Waals surface area contributed by atoms with E-state index in [1.165, 1.54) is 38.5 Å². The minimum atomic E-state index is 0. The van der Waals surface area contributed by atoms with Gasteiger partial charge in [0.05, 0.1) is 13.2 Å². The lowest BCUT2D eigenvalue weighted by Crippen LogP contribution is -2.37. The fraction of sp³-hybridized carbons (Fsp3) is 0.941. The first-order valence-electron chi connectivity index (χ1n) is 9.19. The molecule has 0 amide bonds. The molecule has 2 atom stereocenters. The molecular weight excluding hydrogens is 403 g/mol. The van der Waals surface area contributed by atoms with E-state index >= 15 is 0 Å². The van der Waals surface area contributed by atoms with Crippen LogP contribution in [0.25, 0.3) is 0 Å². The maximum atomic E-state index is 6.03. The third-order valence-corrected chi connectivity index (χ3v) is 5.45. The highest BCUT2D eigenvalue weighted by Crippen LogP contribution is 2.44. The topological polar surface area (TPSA) is 62.9 Å². The molecule has 6 heteroatoms. The Morgan fingerprint density at radius 2 is 1.91 bits per heavy atom. The van der Waals surface area contributed by atoms with E-state index < -0.39 is 0 Å². The van der Waals surface area contributed by atoms with E-state index in [0.717, 1.165) is 57.6 Å². The van der Waals surface area contributed by atoms with Gasteiger partial charge in [0.2, 0.25) is 0 Å². The van der Waals surface area contributed by atoms with Crippen molar-refractivity contribution in [2.24, 2.45) is 22.6 Å². The van der Waals surface area contributed by atoms with Crippen molar-refractivity contribution < 1.29 is 4.74 Å². The second-order valence-electron chi connectivity index (χ2n) is 7.12. The largest absolute Gasteiger partial charge is 0.379 e. The molecule has 0 aromatic carbocycles. The van der Waals surface area contributed by atoms with Crippen molar-refractivity contribution in [1.29, 1.82) is 0 Å². The Kier molecular flexibility index (Phi) is 8.40. The van der Waals surface area contributed by atoms with Crippen LogP contribution in [0.15, 0.2) is 4.99 Å². The van der Waals surface area contributed by atoms with Crippen LogP contribution >= 0.6 is 24.0 Å². The summed E-state index contributed by atoms with van der Waals surface area (Å²) >= 11 is 0. The summed E-state index contributed by atoms with van der Waals surface area (Å²) in [4.78, 5) is 6.94. The first kappa shape index (κ1) is 19.2. The smallest absolute Gasteiger partial charge is 0.188 e. The van der Waals surface area contributed by atoms with Gasteiger partial charge in [0.1, 0.15) is 0 Å². The van der Waals surface area contributed by atoms with Gasteiger partial charge in [0.15, 0.2) is 5.96 Å². The number of hydrogen-bond donors (Lipinski definition) is 2. The zero-order chi connectivity index (χ0) is 15.2. The zero-order valence-corrected chi connectivity index (χ0v) is 16.5. The number of guanidine groups is 1. The molecule has 2 saturated carbocycles. The Morgan fingerprint density at radius 3 is 2.65 bits per heavy atom. The first-order chi connectivity index (χ1) is 10.8. The highest BCUT2D eigenvalue weighted by atomic mass is 127. The molecule has 2 unspecified atom stereocenters. The van der Waals surface area contributed by atoms with Gasteiger partial charge in [-0.1, -0.05) is 32.1 Å². The Balaban J connectivity index is 0.00000192. The molecule has 0 bridgehead atoms. The number of morpholine rings is 1. The van der Waals surface area contributed by atoms with Gasteiger partial charge in [-0.3, -0.25) is 9.89 Å². The summed E-state index contributed by atoms with van der Waals surface area (Å²) in [5.74, 6) is 2.47. The van der Waals surface area contributed by atoms with Crippen molar-refractivity contribution in [3.63, 3.8) is 0 Å². The molecule has 5 nitrogen and oxygen atoms in total. The Morgan fingerprint density at radius 1 is 1.17 bits per heavy atom. The minimum absolute atomic E-state index is 0. The fourth-order valence-corrected chi connectivity index (χ4v) is 4.02. The quantitative estimate of drug-likeness (QED) is 0.290. The average molecular weight is 436 g/mol. The first-order valence-corrected chi connectivity index (χ1v) is 9.19. The summed E-state index contributed by atoms with van der Waals surface area (Å²) in [5.41, 5.74) is 6.03. The molecule has 0 radical (unpaired) electrons. The number of nitrogens with zero attached hydrogens (tertiary/aromatic N) is 2. The maximum absolute atomic E-state index is 6.03. The van der Waals surface area contributed by atoms with Gasteiger partial charge in [-0.2, -0.15) is 0 Å². The van der Waals surface area contributed by atoms with Crippen molar-refractivity contribution in [1.82, 2.24) is 10.2 Å². The number of aliphatic imine (C=N–C) groups is 1. The van der Waals surface area contributed by atoms with E-state index in [4.69, 9.17) is 10.5 Å². The number of nitrogens with two attached hydrogens (primary N) is 1. The molecule has 1 heterocycles. The Hall–Kier alpha value is -0.0800. The lowest BCUT2D eigenvalue weighted by atomic mass is 9.85. The summed E-state index contributed by atoms with van der Waals surface area (Å²) in [6.45, 7) is 5.80. The molecular formula is C17H33IN4O. The van der Waals surface area contributed by atoms with Crippen molar-refractivity contribution >= 4 is 29.9 Å². The van der Waals surface area contributed by atoms with E-state index in [-0.39, 0.29) is 24.0 Å². The molecule has 23 heavy (non-hydrogen) atoms. The molecule has 3 aliphatic rings. The van der Waals surface area contributed by atoms with Crippen LogP contribution in [-0.4, -0.2) is 56.3 Å². The number of nitrogens with one attached hydrogen (secondary N) is 1. The van der Waals surface area contributed by atoms with Gasteiger partial charge in [-0.25, -0.2) is 0 Å². The van der Waals surface area contributed by atoms with Crippen LogP contribution in [0.3, 0.4) is 0 Å². The predicted octanol–water partition coefficient (Wildman–Crippen LogP) is 2.20. The van der Waals surface area contributed by atoms with Crippen molar-refractivity contribution in [3.8, 4) is 0 Å². The van der Waals surface area contributed by atoms with Gasteiger partial charge < -0.3 is 15.8 Å². The average Bonchev–Trinajstić information content (AvgIpc) is 3.32. The molecule has 1 saturated heterocycles. The summed E-state index contributed by atoms with van der Waals surface area (Å²) in [7, 11) is 0. The lowest BCUT2D eigenvalue weighted by Gasteiger charge is -2.26. The lowest BCUT2D eigenvalue weighted by molar-refractivity contribution is 0.0377. The fourth-order valence-electron chi connectivity index (χ4n) is 4.02. The van der Waals surface area contributed by atoms with E-state index in [9.17, 15) is 0 Å². The van der Waals surface area contributed by atoms with Gasteiger partial charge in [-0.15, -0.1) is 24.0 Å². The van der Waals surface area contributed by atoms with E-state index in [1.54, 1.807) is 0 Å². The molecule has 134 valence electrons. The number of rotatable bonds is 6. The summed E-state index contributed by atoms with van der Waals surface area (Å²) < 4.78 is 5.36. The predicted molar refractivity (Wildman–Crippen MR) is 105 cm³/mol. The molecule has 3 N–H and O–H groups in total. The number of halogens is 1. The van der Waals surface area contributed by atoms with Gasteiger partial charge in [0, 0.05) is 32.2 Å². The molecule has 0 aromatic rings. The summed E-state index contributed by atoms with van der Waals surface area (Å²) in [6.07, 6.45) is 9.54. The number of hydrogen-bond acceptors (Lipinski definition) is 3. The van der Waals surface area contributed by atoms with Crippen molar-refractivity contribution in [2.75, 3.05) is 39.4 Å². The molecule has 3 rings (SSSR count). The van der Waals surface area contributed by atoms with Crippen LogP contribution in [0.5, 0.6) is 0 Å². The third kappa shape index (κ3) is 6.38. The highest BCUT2D eigenvalue weighted by Gasteiger charge is 2.43. The SMILES string of the molecule is I.NC(=NCCCN1CCOCC1)NC1CC1C1CCCCC1. The van der Waals surface area contributed by atoms with Gasteiger partial charge >= 0.3 is 0 Å². The minimum Gasteiger partial charge on any atom is -0.379 e. The summed E-state index contributed by atoms with van der Waals surface area (Å²) in [5, 5.41) is 3.43. The van der Waals surface area contributed by atoms with Crippen molar-refractivity contribution in [3.05, 3.63) is 0 Å². The van der Waals surface area contributed by atoms with Gasteiger partial charge in [-0.05, 0) is 24.7 Å². The monoisotopic (exact) mass is 436 g/mol. The van der Waals surface area contributed by atoms with Crippen LogP contribution in [0.4, 0.5) is 0 Å². The third-order valence-electron chi connectivity index (χ3n) is 5.45. The van der Waals surface area contributed by atoms with E-state index in [2.05, 4.69) is 15.2 Å².